The van der Waals surface area contributed by atoms with Crippen LogP contribution in [0.15, 0.2) is 48.7 Å². The summed E-state index contributed by atoms with van der Waals surface area (Å²) in [7, 11) is 1.93. The molecule has 0 aliphatic carbocycles. The van der Waals surface area contributed by atoms with Crippen molar-refractivity contribution in [1.29, 1.82) is 0 Å². The van der Waals surface area contributed by atoms with Crippen LogP contribution < -0.4 is 4.90 Å². The number of nitrogens with zero attached hydrogens (tertiary/aromatic N) is 3. The predicted octanol–water partition coefficient (Wildman–Crippen LogP) is 3.45. The van der Waals surface area contributed by atoms with Gasteiger partial charge in [0.05, 0.1) is 5.56 Å². The number of pyridine rings is 1. The lowest BCUT2D eigenvalue weighted by atomic mass is 10.1. The predicted molar refractivity (Wildman–Crippen MR) is 88.4 cm³/mol. The van der Waals surface area contributed by atoms with Crippen molar-refractivity contribution in [3.8, 4) is 0 Å². The van der Waals surface area contributed by atoms with E-state index in [0.717, 1.165) is 11.9 Å². The number of amides is 1. The average molecular weight is 349 g/mol. The summed E-state index contributed by atoms with van der Waals surface area (Å²) in [6.45, 7) is 0.809. The molecule has 0 spiro atoms. The molecule has 1 saturated heterocycles. The van der Waals surface area contributed by atoms with Gasteiger partial charge in [-0.3, -0.25) is 9.78 Å². The molecule has 132 valence electrons. The number of carbonyl (C=O) groups excluding carboxylic acids is 1. The first-order chi connectivity index (χ1) is 11.9. The first-order valence-corrected chi connectivity index (χ1v) is 7.97. The molecule has 1 aliphatic heterocycles. The minimum atomic E-state index is -4.65. The van der Waals surface area contributed by atoms with Gasteiger partial charge >= 0.3 is 6.18 Å². The van der Waals surface area contributed by atoms with Gasteiger partial charge in [-0.25, -0.2) is 0 Å². The fourth-order valence-corrected chi connectivity index (χ4v) is 3.09. The van der Waals surface area contributed by atoms with Crippen molar-refractivity contribution in [3.05, 3.63) is 59.9 Å². The molecule has 1 aromatic heterocycles. The van der Waals surface area contributed by atoms with E-state index >= 15 is 0 Å². The average Bonchev–Trinajstić information content (AvgIpc) is 3.10. The Bertz CT molecular complexity index is 749. The van der Waals surface area contributed by atoms with Crippen molar-refractivity contribution >= 4 is 11.6 Å². The third-order valence-electron chi connectivity index (χ3n) is 4.47. The van der Waals surface area contributed by atoms with Crippen LogP contribution in [0, 0.1) is 0 Å². The van der Waals surface area contributed by atoms with E-state index in [-0.39, 0.29) is 6.04 Å². The van der Waals surface area contributed by atoms with Crippen molar-refractivity contribution < 1.29 is 18.0 Å². The van der Waals surface area contributed by atoms with E-state index < -0.39 is 23.3 Å². The monoisotopic (exact) mass is 349 g/mol. The standard InChI is InChI=1S/C18H18F3N3O/c1-23(13-6-3-2-4-7-13)14-9-11-24(12-14)17(25)15-8-5-10-22-16(15)18(19,20)21/h2-8,10,14H,9,11-12H2,1H3. The molecule has 1 amide bonds. The Hall–Kier alpha value is -2.57. The van der Waals surface area contributed by atoms with Crippen molar-refractivity contribution in [2.45, 2.75) is 18.6 Å². The Balaban J connectivity index is 1.76. The maximum atomic E-state index is 13.1. The SMILES string of the molecule is CN(c1ccccc1)C1CCN(C(=O)c2cccnc2C(F)(F)F)C1. The van der Waals surface area contributed by atoms with Crippen molar-refractivity contribution in [2.75, 3.05) is 25.0 Å². The Morgan fingerprint density at radius 1 is 1.20 bits per heavy atom. The minimum Gasteiger partial charge on any atom is -0.370 e. The summed E-state index contributed by atoms with van der Waals surface area (Å²) < 4.78 is 39.2. The molecule has 1 fully saturated rings. The summed E-state index contributed by atoms with van der Waals surface area (Å²) in [4.78, 5) is 19.5. The summed E-state index contributed by atoms with van der Waals surface area (Å²) in [5.41, 5.74) is -0.503. The lowest BCUT2D eigenvalue weighted by Gasteiger charge is -2.27. The highest BCUT2D eigenvalue weighted by atomic mass is 19.4. The van der Waals surface area contributed by atoms with Gasteiger partial charge in [0, 0.05) is 38.1 Å². The summed E-state index contributed by atoms with van der Waals surface area (Å²) in [5, 5.41) is 0. The molecule has 1 unspecified atom stereocenters. The van der Waals surface area contributed by atoms with E-state index in [9.17, 15) is 18.0 Å². The number of para-hydroxylation sites is 1. The van der Waals surface area contributed by atoms with Crippen LogP contribution in [0.5, 0.6) is 0 Å². The minimum absolute atomic E-state index is 0.0670. The van der Waals surface area contributed by atoms with Crippen LogP contribution in [-0.4, -0.2) is 42.0 Å². The van der Waals surface area contributed by atoms with E-state index in [4.69, 9.17) is 0 Å². The fraction of sp³-hybridized carbons (Fsp3) is 0.333. The molecule has 1 aliphatic rings. The van der Waals surface area contributed by atoms with Crippen molar-refractivity contribution in [2.24, 2.45) is 0 Å². The van der Waals surface area contributed by atoms with E-state index in [1.807, 2.05) is 37.4 Å². The maximum Gasteiger partial charge on any atom is 0.434 e. The topological polar surface area (TPSA) is 36.4 Å². The number of anilines is 1. The Morgan fingerprint density at radius 3 is 2.60 bits per heavy atom. The van der Waals surface area contributed by atoms with Gasteiger partial charge in [0.1, 0.15) is 0 Å². The van der Waals surface area contributed by atoms with E-state index in [1.165, 1.54) is 17.0 Å². The number of hydrogen-bond donors (Lipinski definition) is 0. The molecule has 3 rings (SSSR count). The van der Waals surface area contributed by atoms with Crippen LogP contribution in [0.1, 0.15) is 22.5 Å². The van der Waals surface area contributed by atoms with E-state index in [1.54, 1.807) is 0 Å². The second kappa shape index (κ2) is 6.74. The molecular formula is C18H18F3N3O. The van der Waals surface area contributed by atoms with Gasteiger partial charge in [0.15, 0.2) is 5.69 Å². The van der Waals surface area contributed by atoms with Gasteiger partial charge < -0.3 is 9.80 Å². The summed E-state index contributed by atoms with van der Waals surface area (Å²) in [6.07, 6.45) is -2.89. The van der Waals surface area contributed by atoms with Gasteiger partial charge in [-0.05, 0) is 30.7 Å². The molecule has 2 heterocycles. The Morgan fingerprint density at radius 2 is 1.92 bits per heavy atom. The van der Waals surface area contributed by atoms with Gasteiger partial charge in [-0.15, -0.1) is 0 Å². The van der Waals surface area contributed by atoms with Gasteiger partial charge in [-0.2, -0.15) is 13.2 Å². The zero-order valence-corrected chi connectivity index (χ0v) is 13.7. The van der Waals surface area contributed by atoms with Gasteiger partial charge in [-0.1, -0.05) is 18.2 Å². The first-order valence-electron chi connectivity index (χ1n) is 7.97. The lowest BCUT2D eigenvalue weighted by Crippen LogP contribution is -2.37. The quantitative estimate of drug-likeness (QED) is 0.852. The molecule has 0 N–H and O–H groups in total. The second-order valence-corrected chi connectivity index (χ2v) is 6.04. The lowest BCUT2D eigenvalue weighted by molar-refractivity contribution is -0.141. The molecule has 4 nitrogen and oxygen atoms in total. The zero-order valence-electron chi connectivity index (χ0n) is 13.7. The van der Waals surface area contributed by atoms with E-state index in [2.05, 4.69) is 9.88 Å². The number of alkyl halides is 3. The second-order valence-electron chi connectivity index (χ2n) is 6.04. The molecule has 1 aromatic carbocycles. The highest BCUT2D eigenvalue weighted by Crippen LogP contribution is 2.31. The van der Waals surface area contributed by atoms with Crippen LogP contribution in [0.2, 0.25) is 0 Å². The van der Waals surface area contributed by atoms with Gasteiger partial charge in [0.2, 0.25) is 0 Å². The normalized spacial score (nSPS) is 17.6. The van der Waals surface area contributed by atoms with Crippen LogP contribution in [0.25, 0.3) is 0 Å². The first kappa shape index (κ1) is 17.3. The number of carbonyl (C=O) groups is 1. The third kappa shape index (κ3) is 3.60. The molecule has 0 saturated carbocycles. The van der Waals surface area contributed by atoms with E-state index in [0.29, 0.717) is 19.5 Å². The zero-order chi connectivity index (χ0) is 18.0. The highest BCUT2D eigenvalue weighted by Gasteiger charge is 2.39. The third-order valence-corrected chi connectivity index (χ3v) is 4.47. The number of benzene rings is 1. The number of aromatic nitrogens is 1. The van der Waals surface area contributed by atoms with Crippen LogP contribution >= 0.6 is 0 Å². The molecule has 0 radical (unpaired) electrons. The molecular weight excluding hydrogens is 331 g/mol. The van der Waals surface area contributed by atoms with Crippen molar-refractivity contribution in [1.82, 2.24) is 9.88 Å². The molecule has 7 heteroatoms. The van der Waals surface area contributed by atoms with Crippen LogP contribution in [0.3, 0.4) is 0 Å². The van der Waals surface area contributed by atoms with Crippen LogP contribution in [-0.2, 0) is 6.18 Å². The number of hydrogen-bond acceptors (Lipinski definition) is 3. The number of likely N-dealkylation sites (tertiary alicyclic amines) is 1. The largest absolute Gasteiger partial charge is 0.434 e. The Labute approximate surface area is 143 Å². The highest BCUT2D eigenvalue weighted by molar-refractivity contribution is 5.95. The van der Waals surface area contributed by atoms with Crippen molar-refractivity contribution in [3.63, 3.8) is 0 Å². The Kier molecular flexibility index (Phi) is 4.65. The summed E-state index contributed by atoms with van der Waals surface area (Å²) >= 11 is 0. The molecule has 1 atom stereocenters. The van der Waals surface area contributed by atoms with Gasteiger partial charge in [0.25, 0.3) is 5.91 Å². The summed E-state index contributed by atoms with van der Waals surface area (Å²) in [6, 6.07) is 12.3. The maximum absolute atomic E-state index is 13.1. The molecule has 25 heavy (non-hydrogen) atoms. The number of halogens is 3. The fourth-order valence-electron chi connectivity index (χ4n) is 3.09. The molecule has 0 bridgehead atoms. The molecule has 2 aromatic rings. The van der Waals surface area contributed by atoms with Crippen LogP contribution in [0.4, 0.5) is 18.9 Å². The smallest absolute Gasteiger partial charge is 0.370 e. The number of likely N-dealkylation sites (N-methyl/N-ethyl adjacent to an activating group) is 1. The number of rotatable bonds is 3. The summed E-state index contributed by atoms with van der Waals surface area (Å²) in [5.74, 6) is -0.621.